The number of hydrogen-bond acceptors (Lipinski definition) is 5. The minimum atomic E-state index is 0.629. The Morgan fingerprint density at radius 3 is 1.12 bits per heavy atom. The Hall–Kier alpha value is -8.15. The van der Waals surface area contributed by atoms with Crippen LogP contribution in [-0.4, -0.2) is 20.0 Å². The lowest BCUT2D eigenvalue weighted by Crippen LogP contribution is -2.09. The lowest BCUT2D eigenvalue weighted by molar-refractivity contribution is 0.112. The van der Waals surface area contributed by atoms with Gasteiger partial charge in [-0.2, -0.15) is 0 Å². The number of fused-ring (bicyclic) bond motifs is 2. The third-order valence-electron chi connectivity index (χ3n) is 11.4. The van der Waals surface area contributed by atoms with E-state index in [2.05, 4.69) is 187 Å². The number of hydrogen-bond donors (Lipinski definition) is 0. The molecule has 0 fully saturated rings. The average Bonchev–Trinajstić information content (AvgIpc) is 3.34. The first-order valence-electron chi connectivity index (χ1n) is 21.6. The molecule has 0 spiro atoms. The Kier molecular flexibility index (Phi) is 12.1. The molecule has 9 aromatic rings. The molecule has 0 N–H and O–H groups in total. The van der Waals surface area contributed by atoms with Crippen LogP contribution >= 0.6 is 0 Å². The second kappa shape index (κ2) is 18.9. The SMILES string of the molecule is CCOc1ccc(N(c2ccc(/C=C\c3ccc4cc5cc(/C=C\c6ccc(N(c7ccc(C)cc7)c7ccc(C=O)cc7)cc6)ccc5cc4c3)cc2)c2ccc(OC)cc2)cc1. The Morgan fingerprint density at radius 1 is 0.391 bits per heavy atom. The molecule has 9 rings (SSSR count). The van der Waals surface area contributed by atoms with Gasteiger partial charge >= 0.3 is 0 Å². The van der Waals surface area contributed by atoms with Gasteiger partial charge in [-0.15, -0.1) is 0 Å². The van der Waals surface area contributed by atoms with Crippen LogP contribution in [0.1, 0.15) is 45.1 Å². The number of aryl methyl sites for hydroxylation is 1. The molecule has 0 aromatic heterocycles. The minimum absolute atomic E-state index is 0.629. The molecule has 312 valence electrons. The van der Waals surface area contributed by atoms with Crippen LogP contribution in [-0.2, 0) is 0 Å². The van der Waals surface area contributed by atoms with Crippen molar-refractivity contribution in [2.24, 2.45) is 0 Å². The molecule has 0 aliphatic carbocycles. The van der Waals surface area contributed by atoms with E-state index in [1.807, 2.05) is 55.5 Å². The summed E-state index contributed by atoms with van der Waals surface area (Å²) in [5, 5.41) is 4.82. The standard InChI is InChI=1S/C59H48N2O3/c1-4-64-59-35-31-57(32-36-59)61(56-29-33-58(63-3)34-30-56)54-25-15-44(16-26-54)8-10-46-12-20-49-39-50-37-45(11-19-48(50)40-51(49)38-46)9-7-43-13-23-53(24-14-43)60(52-21-5-42(2)6-22-52)55-27-17-47(41-62)18-28-55/h5-41H,4H2,1-3H3/b9-7-,10-8-. The van der Waals surface area contributed by atoms with Gasteiger partial charge in [-0.05, 0) is 191 Å². The summed E-state index contributed by atoms with van der Waals surface area (Å²) in [6, 6.07) is 67.6. The molecular weight excluding hydrogens is 785 g/mol. The van der Waals surface area contributed by atoms with E-state index in [0.29, 0.717) is 12.2 Å². The van der Waals surface area contributed by atoms with Crippen LogP contribution in [0, 0.1) is 6.92 Å². The summed E-state index contributed by atoms with van der Waals surface area (Å²) in [6.45, 7) is 4.71. The van der Waals surface area contributed by atoms with Gasteiger partial charge in [-0.3, -0.25) is 4.79 Å². The van der Waals surface area contributed by atoms with Gasteiger partial charge in [0.25, 0.3) is 0 Å². The van der Waals surface area contributed by atoms with Gasteiger partial charge in [-0.25, -0.2) is 0 Å². The number of aldehydes is 1. The zero-order valence-corrected chi connectivity index (χ0v) is 36.2. The van der Waals surface area contributed by atoms with Crippen LogP contribution < -0.4 is 19.3 Å². The van der Waals surface area contributed by atoms with Crippen molar-refractivity contribution in [2.45, 2.75) is 13.8 Å². The summed E-state index contributed by atoms with van der Waals surface area (Å²) in [7, 11) is 1.68. The third-order valence-corrected chi connectivity index (χ3v) is 11.4. The molecule has 0 amide bonds. The highest BCUT2D eigenvalue weighted by Crippen LogP contribution is 2.38. The van der Waals surface area contributed by atoms with Gasteiger partial charge in [0.05, 0.1) is 13.7 Å². The molecule has 9 aromatic carbocycles. The highest BCUT2D eigenvalue weighted by atomic mass is 16.5. The molecular formula is C59H48N2O3. The van der Waals surface area contributed by atoms with Crippen molar-refractivity contribution in [1.29, 1.82) is 0 Å². The zero-order valence-electron chi connectivity index (χ0n) is 36.2. The summed E-state index contributed by atoms with van der Waals surface area (Å²) >= 11 is 0. The van der Waals surface area contributed by atoms with Crippen molar-refractivity contribution in [3.05, 3.63) is 228 Å². The van der Waals surface area contributed by atoms with E-state index >= 15 is 0 Å². The maximum atomic E-state index is 11.3. The highest BCUT2D eigenvalue weighted by molar-refractivity contribution is 6.00. The van der Waals surface area contributed by atoms with Crippen molar-refractivity contribution in [3.63, 3.8) is 0 Å². The third kappa shape index (κ3) is 9.35. The zero-order chi connectivity index (χ0) is 43.8. The Labute approximate surface area is 375 Å². The topological polar surface area (TPSA) is 42.0 Å². The lowest BCUT2D eigenvalue weighted by atomic mass is 9.99. The molecule has 0 bridgehead atoms. The van der Waals surface area contributed by atoms with Crippen LogP contribution in [0.4, 0.5) is 34.1 Å². The van der Waals surface area contributed by atoms with E-state index in [9.17, 15) is 4.79 Å². The average molecular weight is 833 g/mol. The predicted octanol–water partition coefficient (Wildman–Crippen LogP) is 15.8. The molecule has 0 saturated carbocycles. The van der Waals surface area contributed by atoms with Gasteiger partial charge < -0.3 is 19.3 Å². The fourth-order valence-corrected chi connectivity index (χ4v) is 7.98. The van der Waals surface area contributed by atoms with E-state index in [-0.39, 0.29) is 0 Å². The molecule has 0 unspecified atom stereocenters. The maximum absolute atomic E-state index is 11.3. The van der Waals surface area contributed by atoms with Crippen LogP contribution in [0.2, 0.25) is 0 Å². The van der Waals surface area contributed by atoms with Crippen LogP contribution in [0.15, 0.2) is 194 Å². The van der Waals surface area contributed by atoms with Crippen molar-refractivity contribution < 1.29 is 14.3 Å². The quantitative estimate of drug-likeness (QED) is 0.0620. The molecule has 5 heteroatoms. The fraction of sp³-hybridized carbons (Fsp3) is 0.0678. The summed E-state index contributed by atoms with van der Waals surface area (Å²) in [4.78, 5) is 15.8. The second-order valence-electron chi connectivity index (χ2n) is 15.8. The number of carbonyl (C=O) groups excluding carboxylic acids is 1. The molecule has 0 radical (unpaired) electrons. The molecule has 0 heterocycles. The molecule has 0 saturated heterocycles. The molecule has 64 heavy (non-hydrogen) atoms. The molecule has 0 aliphatic rings. The van der Waals surface area contributed by atoms with E-state index in [0.717, 1.165) is 74.2 Å². The number of anilines is 6. The minimum Gasteiger partial charge on any atom is -0.497 e. The summed E-state index contributed by atoms with van der Waals surface area (Å²) < 4.78 is 11.1. The first kappa shape index (κ1) is 41.2. The van der Waals surface area contributed by atoms with Gasteiger partial charge in [-0.1, -0.05) is 90.5 Å². The first-order chi connectivity index (χ1) is 31.4. The number of carbonyl (C=O) groups is 1. The van der Waals surface area contributed by atoms with Crippen molar-refractivity contribution in [1.82, 2.24) is 0 Å². The smallest absolute Gasteiger partial charge is 0.150 e. The van der Waals surface area contributed by atoms with Crippen molar-refractivity contribution in [2.75, 3.05) is 23.5 Å². The molecule has 0 atom stereocenters. The van der Waals surface area contributed by atoms with E-state index < -0.39 is 0 Å². The maximum Gasteiger partial charge on any atom is 0.150 e. The Bertz CT molecular complexity index is 3080. The number of rotatable bonds is 14. The number of methoxy groups -OCH3 is 1. The van der Waals surface area contributed by atoms with E-state index in [4.69, 9.17) is 9.47 Å². The van der Waals surface area contributed by atoms with Crippen LogP contribution in [0.3, 0.4) is 0 Å². The Balaban J connectivity index is 0.898. The number of ether oxygens (including phenoxy) is 2. The van der Waals surface area contributed by atoms with Crippen LogP contribution in [0.5, 0.6) is 11.5 Å². The number of benzene rings is 9. The van der Waals surface area contributed by atoms with E-state index in [1.165, 1.54) is 27.1 Å². The lowest BCUT2D eigenvalue weighted by Gasteiger charge is -2.26. The van der Waals surface area contributed by atoms with Gasteiger partial charge in [0.15, 0.2) is 0 Å². The van der Waals surface area contributed by atoms with Crippen LogP contribution in [0.25, 0.3) is 45.8 Å². The summed E-state index contributed by atoms with van der Waals surface area (Å²) in [5.41, 5.74) is 12.6. The van der Waals surface area contributed by atoms with Gasteiger partial charge in [0.1, 0.15) is 17.8 Å². The molecule has 0 aliphatic heterocycles. The largest absolute Gasteiger partial charge is 0.497 e. The van der Waals surface area contributed by atoms with Gasteiger partial charge in [0.2, 0.25) is 0 Å². The molecule has 5 nitrogen and oxygen atoms in total. The Morgan fingerprint density at radius 2 is 0.734 bits per heavy atom. The van der Waals surface area contributed by atoms with Crippen molar-refractivity contribution >= 4 is 86.3 Å². The second-order valence-corrected chi connectivity index (χ2v) is 15.8. The highest BCUT2D eigenvalue weighted by Gasteiger charge is 2.14. The monoisotopic (exact) mass is 832 g/mol. The predicted molar refractivity (Wildman–Crippen MR) is 269 cm³/mol. The summed E-state index contributed by atoms with van der Waals surface area (Å²) in [6.07, 6.45) is 9.55. The van der Waals surface area contributed by atoms with E-state index in [1.54, 1.807) is 7.11 Å². The van der Waals surface area contributed by atoms with Crippen molar-refractivity contribution in [3.8, 4) is 11.5 Å². The fourth-order valence-electron chi connectivity index (χ4n) is 7.98. The number of nitrogens with zero attached hydrogens (tertiary/aromatic N) is 2. The normalized spacial score (nSPS) is 11.4. The first-order valence-corrected chi connectivity index (χ1v) is 21.6. The van der Waals surface area contributed by atoms with Gasteiger partial charge in [0, 0.05) is 39.7 Å². The summed E-state index contributed by atoms with van der Waals surface area (Å²) in [5.74, 6) is 1.67.